The minimum absolute atomic E-state index is 0.389. The second kappa shape index (κ2) is 5.85. The largest absolute Gasteiger partial charge is 0.329 e. The molecular formula is C16H26N2. The number of aryl methyl sites for hydroxylation is 1. The van der Waals surface area contributed by atoms with Crippen molar-refractivity contribution in [1.82, 2.24) is 4.90 Å². The van der Waals surface area contributed by atoms with Crippen LogP contribution in [0.15, 0.2) is 24.3 Å². The van der Waals surface area contributed by atoms with Crippen LogP contribution < -0.4 is 5.73 Å². The maximum atomic E-state index is 6.04. The smallest absolute Gasteiger partial charge is 0.0473 e. The van der Waals surface area contributed by atoms with Crippen LogP contribution in [0.3, 0.4) is 0 Å². The molecule has 18 heavy (non-hydrogen) atoms. The zero-order chi connectivity index (χ0) is 13.1. The quantitative estimate of drug-likeness (QED) is 0.835. The number of hydrogen-bond acceptors (Lipinski definition) is 2. The number of hydrogen-bond donors (Lipinski definition) is 1. The Bertz CT molecular complexity index is 365. The molecule has 0 spiro atoms. The molecule has 0 heterocycles. The highest BCUT2D eigenvalue weighted by molar-refractivity contribution is 5.25. The van der Waals surface area contributed by atoms with Gasteiger partial charge in [0.15, 0.2) is 0 Å². The Morgan fingerprint density at radius 3 is 2.28 bits per heavy atom. The van der Waals surface area contributed by atoms with Gasteiger partial charge in [0.2, 0.25) is 0 Å². The van der Waals surface area contributed by atoms with E-state index in [4.69, 9.17) is 5.73 Å². The average molecular weight is 246 g/mol. The molecule has 1 aromatic rings. The van der Waals surface area contributed by atoms with Crippen molar-refractivity contribution in [2.75, 3.05) is 13.1 Å². The number of benzene rings is 1. The standard InChI is InChI=1S/C16H26N2/c1-12(2)11-18(15-8-9-15)16(10-17)14-6-4-13(3)5-7-14/h4-7,12,15-16H,8-11,17H2,1-3H3. The van der Waals surface area contributed by atoms with Crippen LogP contribution in [0, 0.1) is 12.8 Å². The molecule has 2 nitrogen and oxygen atoms in total. The molecule has 0 aliphatic heterocycles. The summed E-state index contributed by atoms with van der Waals surface area (Å²) in [4.78, 5) is 2.62. The Balaban J connectivity index is 2.16. The van der Waals surface area contributed by atoms with Crippen LogP contribution in [0.25, 0.3) is 0 Å². The normalized spacial score (nSPS) is 17.4. The van der Waals surface area contributed by atoms with E-state index in [1.807, 2.05) is 0 Å². The van der Waals surface area contributed by atoms with E-state index in [0.717, 1.165) is 12.6 Å². The molecule has 0 aromatic heterocycles. The van der Waals surface area contributed by atoms with E-state index in [1.165, 1.54) is 24.0 Å². The molecule has 0 radical (unpaired) electrons. The van der Waals surface area contributed by atoms with Crippen molar-refractivity contribution < 1.29 is 0 Å². The van der Waals surface area contributed by atoms with Gasteiger partial charge in [-0.05, 0) is 31.2 Å². The Labute approximate surface area is 111 Å². The van der Waals surface area contributed by atoms with Crippen LogP contribution in [0.2, 0.25) is 0 Å². The molecule has 1 aliphatic rings. The Hall–Kier alpha value is -0.860. The molecule has 0 bridgehead atoms. The van der Waals surface area contributed by atoms with Crippen molar-refractivity contribution in [2.45, 2.75) is 45.7 Å². The topological polar surface area (TPSA) is 29.3 Å². The molecule has 0 saturated heterocycles. The summed E-state index contributed by atoms with van der Waals surface area (Å²) in [6.07, 6.45) is 2.68. The van der Waals surface area contributed by atoms with Crippen LogP contribution in [0.4, 0.5) is 0 Å². The fraction of sp³-hybridized carbons (Fsp3) is 0.625. The first-order valence-electron chi connectivity index (χ1n) is 7.14. The van der Waals surface area contributed by atoms with Crippen molar-refractivity contribution in [1.29, 1.82) is 0 Å². The van der Waals surface area contributed by atoms with Crippen LogP contribution >= 0.6 is 0 Å². The van der Waals surface area contributed by atoms with Crippen molar-refractivity contribution in [3.05, 3.63) is 35.4 Å². The van der Waals surface area contributed by atoms with Gasteiger partial charge in [0, 0.05) is 25.2 Å². The molecule has 2 N–H and O–H groups in total. The van der Waals surface area contributed by atoms with Crippen molar-refractivity contribution in [3.8, 4) is 0 Å². The van der Waals surface area contributed by atoms with Gasteiger partial charge in [-0.1, -0.05) is 43.7 Å². The lowest BCUT2D eigenvalue weighted by molar-refractivity contribution is 0.169. The molecule has 2 rings (SSSR count). The lowest BCUT2D eigenvalue weighted by Crippen LogP contribution is -2.38. The summed E-state index contributed by atoms with van der Waals surface area (Å²) < 4.78 is 0. The van der Waals surface area contributed by atoms with E-state index in [9.17, 15) is 0 Å². The zero-order valence-corrected chi connectivity index (χ0v) is 11.9. The third kappa shape index (κ3) is 3.33. The minimum atomic E-state index is 0.389. The van der Waals surface area contributed by atoms with E-state index < -0.39 is 0 Å². The van der Waals surface area contributed by atoms with Gasteiger partial charge in [0.05, 0.1) is 0 Å². The summed E-state index contributed by atoms with van der Waals surface area (Å²) >= 11 is 0. The van der Waals surface area contributed by atoms with Gasteiger partial charge in [-0.25, -0.2) is 0 Å². The van der Waals surface area contributed by atoms with Gasteiger partial charge >= 0.3 is 0 Å². The first kappa shape index (κ1) is 13.6. The van der Waals surface area contributed by atoms with Gasteiger partial charge in [0.25, 0.3) is 0 Å². The third-order valence-corrected chi connectivity index (χ3v) is 3.68. The molecule has 1 unspecified atom stereocenters. The van der Waals surface area contributed by atoms with Gasteiger partial charge in [-0.2, -0.15) is 0 Å². The van der Waals surface area contributed by atoms with Gasteiger partial charge in [-0.3, -0.25) is 4.90 Å². The summed E-state index contributed by atoms with van der Waals surface area (Å²) in [5.74, 6) is 0.699. The van der Waals surface area contributed by atoms with Crippen LogP contribution in [-0.4, -0.2) is 24.0 Å². The number of nitrogens with zero attached hydrogens (tertiary/aromatic N) is 1. The van der Waals surface area contributed by atoms with Crippen LogP contribution in [0.5, 0.6) is 0 Å². The molecule has 1 fully saturated rings. The highest BCUT2D eigenvalue weighted by atomic mass is 15.2. The van der Waals surface area contributed by atoms with Gasteiger partial charge in [-0.15, -0.1) is 0 Å². The highest BCUT2D eigenvalue weighted by Crippen LogP contribution is 2.34. The molecule has 1 aliphatic carbocycles. The summed E-state index contributed by atoms with van der Waals surface area (Å²) in [6.45, 7) is 8.58. The van der Waals surface area contributed by atoms with Gasteiger partial charge in [0.1, 0.15) is 0 Å². The first-order valence-corrected chi connectivity index (χ1v) is 7.14. The second-order valence-corrected chi connectivity index (χ2v) is 5.98. The van der Waals surface area contributed by atoms with Crippen molar-refractivity contribution in [3.63, 3.8) is 0 Å². The second-order valence-electron chi connectivity index (χ2n) is 5.98. The number of nitrogens with two attached hydrogens (primary N) is 1. The minimum Gasteiger partial charge on any atom is -0.329 e. The molecular weight excluding hydrogens is 220 g/mol. The van der Waals surface area contributed by atoms with E-state index in [1.54, 1.807) is 0 Å². The Morgan fingerprint density at radius 2 is 1.83 bits per heavy atom. The fourth-order valence-corrected chi connectivity index (χ4v) is 2.61. The molecule has 1 atom stereocenters. The van der Waals surface area contributed by atoms with Gasteiger partial charge < -0.3 is 5.73 Å². The summed E-state index contributed by atoms with van der Waals surface area (Å²) in [5, 5.41) is 0. The van der Waals surface area contributed by atoms with Crippen LogP contribution in [0.1, 0.15) is 43.9 Å². The number of rotatable bonds is 6. The average Bonchev–Trinajstić information content (AvgIpc) is 3.14. The molecule has 100 valence electrons. The summed E-state index contributed by atoms with van der Waals surface area (Å²) in [7, 11) is 0. The zero-order valence-electron chi connectivity index (χ0n) is 11.9. The van der Waals surface area contributed by atoms with E-state index in [2.05, 4.69) is 49.9 Å². The summed E-state index contributed by atoms with van der Waals surface area (Å²) in [5.41, 5.74) is 8.73. The fourth-order valence-electron chi connectivity index (χ4n) is 2.61. The predicted octanol–water partition coefficient (Wildman–Crippen LogP) is 3.12. The third-order valence-electron chi connectivity index (χ3n) is 3.68. The van der Waals surface area contributed by atoms with Crippen molar-refractivity contribution in [2.24, 2.45) is 11.7 Å². The van der Waals surface area contributed by atoms with E-state index in [-0.39, 0.29) is 0 Å². The lowest BCUT2D eigenvalue weighted by Gasteiger charge is -2.33. The lowest BCUT2D eigenvalue weighted by atomic mass is 10.0. The Kier molecular flexibility index (Phi) is 4.41. The van der Waals surface area contributed by atoms with Crippen LogP contribution in [-0.2, 0) is 0 Å². The monoisotopic (exact) mass is 246 g/mol. The maximum absolute atomic E-state index is 6.04. The SMILES string of the molecule is Cc1ccc(C(CN)N(CC(C)C)C2CC2)cc1. The predicted molar refractivity (Wildman–Crippen MR) is 77.5 cm³/mol. The van der Waals surface area contributed by atoms with E-state index in [0.29, 0.717) is 18.5 Å². The Morgan fingerprint density at radius 1 is 1.22 bits per heavy atom. The molecule has 1 aromatic carbocycles. The molecule has 2 heteroatoms. The first-order chi connectivity index (χ1) is 8.61. The molecule has 1 saturated carbocycles. The van der Waals surface area contributed by atoms with Crippen molar-refractivity contribution >= 4 is 0 Å². The highest BCUT2D eigenvalue weighted by Gasteiger charge is 2.34. The molecule has 0 amide bonds. The summed E-state index contributed by atoms with van der Waals surface area (Å²) in [6, 6.07) is 10.0. The maximum Gasteiger partial charge on any atom is 0.0473 e. The van der Waals surface area contributed by atoms with E-state index >= 15 is 0 Å².